The number of allylic oxidation sites excluding steroid dienone is 2. The Balaban J connectivity index is 2.32. The molecule has 1 unspecified atom stereocenters. The van der Waals surface area contributed by atoms with Gasteiger partial charge < -0.3 is 21.9 Å². The molecule has 6 N–H and O–H groups in total. The van der Waals surface area contributed by atoms with E-state index in [1.165, 1.54) is 24.5 Å². The van der Waals surface area contributed by atoms with E-state index in [1.54, 1.807) is 25.4 Å². The highest BCUT2D eigenvalue weighted by atomic mass is 19.1. The first-order chi connectivity index (χ1) is 14.9. The lowest BCUT2D eigenvalue weighted by Gasteiger charge is -2.23. The SMILES string of the molecule is CCN=C1C(=CN)CC(=CN)C(=NC)c2ccc(F)cc2C(C)Oc2cc1cnc2N. The minimum absolute atomic E-state index is 0.228. The molecule has 2 heterocycles. The number of fused-ring (bicyclic) bond motifs is 3. The maximum absolute atomic E-state index is 14.2. The van der Waals surface area contributed by atoms with Gasteiger partial charge in [-0.3, -0.25) is 9.98 Å². The second-order valence-electron chi connectivity index (χ2n) is 7.05. The molecule has 8 heteroatoms. The van der Waals surface area contributed by atoms with Crippen LogP contribution < -0.4 is 21.9 Å². The van der Waals surface area contributed by atoms with Gasteiger partial charge in [0.2, 0.25) is 0 Å². The fraction of sp³-hybridized carbons (Fsp3) is 0.261. The summed E-state index contributed by atoms with van der Waals surface area (Å²) < 4.78 is 20.3. The average molecular weight is 423 g/mol. The normalized spacial score (nSPS) is 22.1. The van der Waals surface area contributed by atoms with Crippen LogP contribution in [0.3, 0.4) is 0 Å². The van der Waals surface area contributed by atoms with Crippen molar-refractivity contribution in [2.24, 2.45) is 21.5 Å². The number of nitrogens with two attached hydrogens (primary N) is 3. The number of aromatic nitrogens is 1. The van der Waals surface area contributed by atoms with Gasteiger partial charge in [-0.2, -0.15) is 0 Å². The Morgan fingerprint density at radius 1 is 1.19 bits per heavy atom. The van der Waals surface area contributed by atoms with Crippen LogP contribution in [0.15, 0.2) is 64.0 Å². The summed E-state index contributed by atoms with van der Waals surface area (Å²) in [5, 5.41) is 0. The number of aliphatic imine (C=N–C) groups is 2. The zero-order valence-corrected chi connectivity index (χ0v) is 17.9. The number of halogens is 1. The van der Waals surface area contributed by atoms with Gasteiger partial charge >= 0.3 is 0 Å². The molecule has 7 nitrogen and oxygen atoms in total. The van der Waals surface area contributed by atoms with E-state index in [0.29, 0.717) is 46.8 Å². The maximum Gasteiger partial charge on any atom is 0.166 e. The van der Waals surface area contributed by atoms with Gasteiger partial charge in [-0.1, -0.05) is 0 Å². The largest absolute Gasteiger partial charge is 0.482 e. The number of pyridine rings is 1. The number of rotatable bonds is 1. The molecule has 1 aromatic carbocycles. The molecule has 0 aliphatic carbocycles. The number of anilines is 1. The predicted octanol–water partition coefficient (Wildman–Crippen LogP) is 3.26. The second-order valence-corrected chi connectivity index (χ2v) is 7.05. The van der Waals surface area contributed by atoms with E-state index in [2.05, 4.69) is 15.0 Å². The topological polar surface area (TPSA) is 125 Å². The van der Waals surface area contributed by atoms with Crippen LogP contribution in [0.2, 0.25) is 0 Å². The summed E-state index contributed by atoms with van der Waals surface area (Å²) in [6, 6.07) is 6.27. The quantitative estimate of drug-likeness (QED) is 0.650. The molecule has 1 atom stereocenters. The summed E-state index contributed by atoms with van der Waals surface area (Å²) in [6.45, 7) is 4.30. The van der Waals surface area contributed by atoms with Gasteiger partial charge in [0.1, 0.15) is 11.9 Å². The van der Waals surface area contributed by atoms with E-state index in [4.69, 9.17) is 21.9 Å². The monoisotopic (exact) mass is 422 g/mol. The number of hydrogen-bond acceptors (Lipinski definition) is 7. The standard InChI is InChI=1S/C23H27FN6O/c1-4-29-21-14(10-25)7-15(11-26)22(28-3)18-6-5-17(24)9-19(18)13(2)31-20-8-16(21)12-30-23(20)27/h5-6,8-13H,4,7,25-26H2,1-3H3,(H2,27,30). The third-order valence-corrected chi connectivity index (χ3v) is 5.10. The molecular formula is C23H27FN6O. The van der Waals surface area contributed by atoms with Crippen LogP contribution in [0.1, 0.15) is 43.1 Å². The van der Waals surface area contributed by atoms with Crippen molar-refractivity contribution >= 4 is 17.2 Å². The highest BCUT2D eigenvalue weighted by molar-refractivity contribution is 6.17. The highest BCUT2D eigenvalue weighted by Gasteiger charge is 2.24. The first-order valence-corrected chi connectivity index (χ1v) is 9.99. The first-order valence-electron chi connectivity index (χ1n) is 9.99. The van der Waals surface area contributed by atoms with Gasteiger partial charge in [0.25, 0.3) is 0 Å². The Labute approximate surface area is 181 Å². The Morgan fingerprint density at radius 3 is 2.55 bits per heavy atom. The molecule has 162 valence electrons. The second kappa shape index (κ2) is 9.42. The molecule has 2 bridgehead atoms. The van der Waals surface area contributed by atoms with Crippen LogP contribution in [0.25, 0.3) is 0 Å². The molecule has 3 rings (SSSR count). The molecule has 0 saturated carbocycles. The number of benzene rings is 1. The summed E-state index contributed by atoms with van der Waals surface area (Å²) in [4.78, 5) is 13.4. The predicted molar refractivity (Wildman–Crippen MR) is 123 cm³/mol. The van der Waals surface area contributed by atoms with Gasteiger partial charge in [0, 0.05) is 42.9 Å². The van der Waals surface area contributed by atoms with Crippen LogP contribution >= 0.6 is 0 Å². The molecule has 0 spiro atoms. The van der Waals surface area contributed by atoms with Crippen molar-refractivity contribution in [3.8, 4) is 5.75 Å². The minimum Gasteiger partial charge on any atom is -0.482 e. The van der Waals surface area contributed by atoms with Gasteiger partial charge in [-0.25, -0.2) is 9.37 Å². The third-order valence-electron chi connectivity index (χ3n) is 5.10. The molecule has 0 fully saturated rings. The highest BCUT2D eigenvalue weighted by Crippen LogP contribution is 2.33. The molecular weight excluding hydrogens is 395 g/mol. The van der Waals surface area contributed by atoms with Crippen LogP contribution in [-0.2, 0) is 0 Å². The maximum atomic E-state index is 14.2. The van der Waals surface area contributed by atoms with Gasteiger partial charge in [-0.15, -0.1) is 0 Å². The Morgan fingerprint density at radius 2 is 1.90 bits per heavy atom. The number of ether oxygens (including phenoxy) is 1. The molecule has 1 aromatic heterocycles. The summed E-state index contributed by atoms with van der Waals surface area (Å²) in [6.07, 6.45) is 4.47. The van der Waals surface area contributed by atoms with Gasteiger partial charge in [0.05, 0.1) is 11.4 Å². The molecule has 1 aliphatic rings. The minimum atomic E-state index is -0.531. The summed E-state index contributed by atoms with van der Waals surface area (Å²) in [5.41, 5.74) is 22.9. The molecule has 2 aromatic rings. The van der Waals surface area contributed by atoms with Crippen molar-refractivity contribution in [1.82, 2.24) is 4.98 Å². The summed E-state index contributed by atoms with van der Waals surface area (Å²) in [5.74, 6) is 0.229. The van der Waals surface area contributed by atoms with E-state index in [0.717, 1.165) is 11.1 Å². The number of nitrogen functional groups attached to an aromatic ring is 1. The molecule has 0 amide bonds. The average Bonchev–Trinajstić information content (AvgIpc) is 2.77. The molecule has 1 aliphatic heterocycles. The molecule has 31 heavy (non-hydrogen) atoms. The zero-order chi connectivity index (χ0) is 22.5. The van der Waals surface area contributed by atoms with E-state index in [9.17, 15) is 4.39 Å². The van der Waals surface area contributed by atoms with Crippen molar-refractivity contribution in [1.29, 1.82) is 0 Å². The van der Waals surface area contributed by atoms with Crippen LogP contribution in [0.5, 0.6) is 5.75 Å². The van der Waals surface area contributed by atoms with E-state index >= 15 is 0 Å². The van der Waals surface area contributed by atoms with Crippen molar-refractivity contribution in [2.45, 2.75) is 26.4 Å². The van der Waals surface area contributed by atoms with Crippen LogP contribution in [-0.4, -0.2) is 30.0 Å². The van der Waals surface area contributed by atoms with E-state index in [-0.39, 0.29) is 11.6 Å². The lowest BCUT2D eigenvalue weighted by Crippen LogP contribution is -2.19. The van der Waals surface area contributed by atoms with Crippen molar-refractivity contribution < 1.29 is 9.13 Å². The third kappa shape index (κ3) is 4.42. The number of nitrogens with zero attached hydrogens (tertiary/aromatic N) is 3. The Bertz CT molecular complexity index is 1100. The van der Waals surface area contributed by atoms with Crippen LogP contribution in [0, 0.1) is 5.82 Å². The van der Waals surface area contributed by atoms with Gasteiger partial charge in [0.15, 0.2) is 11.6 Å². The Kier molecular flexibility index (Phi) is 6.69. The lowest BCUT2D eigenvalue weighted by atomic mass is 9.89. The zero-order valence-electron chi connectivity index (χ0n) is 17.9. The summed E-state index contributed by atoms with van der Waals surface area (Å²) >= 11 is 0. The molecule has 0 radical (unpaired) electrons. The van der Waals surface area contributed by atoms with E-state index < -0.39 is 6.10 Å². The summed E-state index contributed by atoms with van der Waals surface area (Å²) in [7, 11) is 1.67. The number of hydrogen-bond donors (Lipinski definition) is 3. The smallest absolute Gasteiger partial charge is 0.166 e. The lowest BCUT2D eigenvalue weighted by molar-refractivity contribution is 0.227. The first kappa shape index (κ1) is 22.0. The van der Waals surface area contributed by atoms with Crippen molar-refractivity contribution in [2.75, 3.05) is 19.3 Å². The molecule has 0 saturated heterocycles. The van der Waals surface area contributed by atoms with Crippen molar-refractivity contribution in [3.63, 3.8) is 0 Å². The van der Waals surface area contributed by atoms with Crippen molar-refractivity contribution in [3.05, 3.63) is 76.5 Å². The fourth-order valence-corrected chi connectivity index (χ4v) is 3.64. The Hall–Kier alpha value is -3.68. The van der Waals surface area contributed by atoms with E-state index in [1.807, 2.05) is 13.8 Å². The fourth-order valence-electron chi connectivity index (χ4n) is 3.64. The van der Waals surface area contributed by atoms with Crippen LogP contribution in [0.4, 0.5) is 10.2 Å². The van der Waals surface area contributed by atoms with Gasteiger partial charge in [-0.05, 0) is 61.7 Å².